The molecule has 1 aromatic carbocycles. The maximum absolute atomic E-state index is 12.9. The molecule has 2 heterocycles. The van der Waals surface area contributed by atoms with Crippen LogP contribution in [0.4, 0.5) is 0 Å². The van der Waals surface area contributed by atoms with E-state index in [4.69, 9.17) is 4.74 Å². The van der Waals surface area contributed by atoms with E-state index in [1.54, 1.807) is 12.7 Å². The van der Waals surface area contributed by atoms with Crippen LogP contribution in [0.2, 0.25) is 0 Å². The monoisotopic (exact) mass is 410 g/mol. The van der Waals surface area contributed by atoms with Crippen molar-refractivity contribution in [2.45, 2.75) is 69.2 Å². The van der Waals surface area contributed by atoms with Gasteiger partial charge in [-0.15, -0.1) is 0 Å². The van der Waals surface area contributed by atoms with Gasteiger partial charge in [0, 0.05) is 26.6 Å². The van der Waals surface area contributed by atoms with Crippen molar-refractivity contribution in [3.63, 3.8) is 0 Å². The molecule has 1 saturated carbocycles. The zero-order chi connectivity index (χ0) is 20.6. The molecule has 0 bridgehead atoms. The van der Waals surface area contributed by atoms with Gasteiger partial charge in [0.15, 0.2) is 0 Å². The fourth-order valence-electron chi connectivity index (χ4n) is 7.14. The minimum Gasteiger partial charge on any atom is -0.383 e. The Kier molecular flexibility index (Phi) is 5.90. The molecule has 1 aromatic rings. The number of nitrogens with zero attached hydrogens (tertiary/aromatic N) is 2. The molecular formula is C26H38N2O2. The summed E-state index contributed by atoms with van der Waals surface area (Å²) in [5, 5.41) is 0. The number of carbonyl (C=O) groups excluding carboxylic acids is 1. The third-order valence-electron chi connectivity index (χ3n) is 8.63. The van der Waals surface area contributed by atoms with Crippen LogP contribution in [0.25, 0.3) is 0 Å². The van der Waals surface area contributed by atoms with E-state index in [2.05, 4.69) is 34.1 Å². The maximum atomic E-state index is 12.9. The number of piperidine rings is 1. The van der Waals surface area contributed by atoms with E-state index in [0.29, 0.717) is 25.0 Å². The Bertz CT molecular complexity index is 749. The zero-order valence-electron chi connectivity index (χ0n) is 18.7. The Balaban J connectivity index is 1.34. The van der Waals surface area contributed by atoms with E-state index >= 15 is 0 Å². The minimum atomic E-state index is 0.259. The minimum absolute atomic E-state index is 0.259. The Morgan fingerprint density at radius 2 is 1.87 bits per heavy atom. The first kappa shape index (κ1) is 20.5. The van der Waals surface area contributed by atoms with Crippen LogP contribution in [0, 0.1) is 11.8 Å². The molecule has 30 heavy (non-hydrogen) atoms. The number of ether oxygens (including phenoxy) is 1. The molecule has 4 nitrogen and oxygen atoms in total. The molecule has 2 saturated heterocycles. The highest BCUT2D eigenvalue weighted by atomic mass is 16.5. The summed E-state index contributed by atoms with van der Waals surface area (Å²) in [6.45, 7) is 5.10. The third-order valence-corrected chi connectivity index (χ3v) is 8.63. The van der Waals surface area contributed by atoms with Gasteiger partial charge in [0.2, 0.25) is 5.91 Å². The second kappa shape index (κ2) is 8.63. The predicted molar refractivity (Wildman–Crippen MR) is 119 cm³/mol. The summed E-state index contributed by atoms with van der Waals surface area (Å²) in [4.78, 5) is 17.7. The van der Waals surface area contributed by atoms with Gasteiger partial charge in [0.05, 0.1) is 12.6 Å². The Labute approximate surface area is 182 Å². The van der Waals surface area contributed by atoms with Crippen LogP contribution < -0.4 is 0 Å². The van der Waals surface area contributed by atoms with Crippen molar-refractivity contribution < 1.29 is 9.53 Å². The number of hydrogen-bond donors (Lipinski definition) is 0. The molecule has 2 aliphatic heterocycles. The van der Waals surface area contributed by atoms with Gasteiger partial charge in [-0.3, -0.25) is 4.79 Å². The number of benzene rings is 1. The average Bonchev–Trinajstić information content (AvgIpc) is 3.09. The predicted octanol–water partition coefficient (Wildman–Crippen LogP) is 4.54. The zero-order valence-corrected chi connectivity index (χ0v) is 18.7. The first-order chi connectivity index (χ1) is 14.7. The standard InChI is InChI=1S/C26H38N2O2/c1-30-16-15-28-24(29)17-21-18-26(23-10-6-5-9-22(23)25(21)28)11-13-27(14-12-26)19-20-7-3-2-4-8-20/h5-6,9-10,20-21,25H,2-4,7-8,11-19H2,1H3. The van der Waals surface area contributed by atoms with E-state index < -0.39 is 0 Å². The summed E-state index contributed by atoms with van der Waals surface area (Å²) in [7, 11) is 1.73. The van der Waals surface area contributed by atoms with Crippen molar-refractivity contribution >= 4 is 5.91 Å². The highest BCUT2D eigenvalue weighted by Crippen LogP contribution is 2.55. The summed E-state index contributed by atoms with van der Waals surface area (Å²) in [5.41, 5.74) is 3.25. The third kappa shape index (κ3) is 3.71. The number of amides is 1. The number of rotatable bonds is 5. The Hall–Kier alpha value is -1.39. The Morgan fingerprint density at radius 1 is 1.10 bits per heavy atom. The van der Waals surface area contributed by atoms with E-state index in [1.807, 2.05) is 0 Å². The summed E-state index contributed by atoms with van der Waals surface area (Å²) in [6, 6.07) is 9.32. The van der Waals surface area contributed by atoms with Crippen molar-refractivity contribution in [2.75, 3.05) is 39.9 Å². The SMILES string of the molecule is COCCN1C(=O)CC2CC3(CCN(CC4CCCCC4)CC3)c3ccccc3C21. The van der Waals surface area contributed by atoms with E-state index in [0.717, 1.165) is 12.3 Å². The van der Waals surface area contributed by atoms with Crippen LogP contribution in [0.1, 0.15) is 75.0 Å². The molecule has 4 heteroatoms. The van der Waals surface area contributed by atoms with Gasteiger partial charge in [-0.2, -0.15) is 0 Å². The molecule has 5 rings (SSSR count). The number of carbonyl (C=O) groups is 1. The van der Waals surface area contributed by atoms with Crippen molar-refractivity contribution in [1.29, 1.82) is 0 Å². The lowest BCUT2D eigenvalue weighted by Crippen LogP contribution is -2.48. The van der Waals surface area contributed by atoms with Crippen LogP contribution >= 0.6 is 0 Å². The van der Waals surface area contributed by atoms with Gasteiger partial charge >= 0.3 is 0 Å². The van der Waals surface area contributed by atoms with Gasteiger partial charge < -0.3 is 14.5 Å². The van der Waals surface area contributed by atoms with E-state index in [-0.39, 0.29) is 11.5 Å². The molecule has 4 aliphatic rings. The highest BCUT2D eigenvalue weighted by molar-refractivity contribution is 5.80. The topological polar surface area (TPSA) is 32.8 Å². The fraction of sp³-hybridized carbons (Fsp3) is 0.731. The van der Waals surface area contributed by atoms with Crippen molar-refractivity contribution in [3.8, 4) is 0 Å². The Morgan fingerprint density at radius 3 is 2.63 bits per heavy atom. The quantitative estimate of drug-likeness (QED) is 0.714. The highest BCUT2D eigenvalue weighted by Gasteiger charge is 2.51. The van der Waals surface area contributed by atoms with Crippen molar-refractivity contribution in [2.24, 2.45) is 11.8 Å². The molecular weight excluding hydrogens is 372 g/mol. The molecule has 0 N–H and O–H groups in total. The number of hydrogen-bond acceptors (Lipinski definition) is 3. The molecule has 2 atom stereocenters. The van der Waals surface area contributed by atoms with Gasteiger partial charge in [-0.05, 0) is 73.6 Å². The average molecular weight is 411 g/mol. The van der Waals surface area contributed by atoms with Crippen molar-refractivity contribution in [3.05, 3.63) is 35.4 Å². The van der Waals surface area contributed by atoms with Crippen LogP contribution in [0.15, 0.2) is 24.3 Å². The number of likely N-dealkylation sites (tertiary alicyclic amines) is 2. The lowest BCUT2D eigenvalue weighted by atomic mass is 9.60. The maximum Gasteiger partial charge on any atom is 0.223 e. The van der Waals surface area contributed by atoms with Crippen molar-refractivity contribution in [1.82, 2.24) is 9.80 Å². The molecule has 1 amide bonds. The van der Waals surface area contributed by atoms with E-state index in [9.17, 15) is 4.79 Å². The first-order valence-corrected chi connectivity index (χ1v) is 12.3. The van der Waals surface area contributed by atoms with Gasteiger partial charge in [0.1, 0.15) is 0 Å². The number of fused-ring (bicyclic) bond motifs is 4. The molecule has 0 aromatic heterocycles. The van der Waals surface area contributed by atoms with Crippen LogP contribution in [0.3, 0.4) is 0 Å². The molecule has 1 spiro atoms. The smallest absolute Gasteiger partial charge is 0.223 e. The molecule has 2 aliphatic carbocycles. The summed E-state index contributed by atoms with van der Waals surface area (Å²) < 4.78 is 5.30. The normalized spacial score (nSPS) is 29.2. The molecule has 164 valence electrons. The first-order valence-electron chi connectivity index (χ1n) is 12.3. The van der Waals surface area contributed by atoms with Crippen LogP contribution in [-0.4, -0.2) is 55.6 Å². The summed E-state index contributed by atoms with van der Waals surface area (Å²) >= 11 is 0. The summed E-state index contributed by atoms with van der Waals surface area (Å²) in [5.74, 6) is 1.72. The van der Waals surface area contributed by atoms with Gasteiger partial charge in [0.25, 0.3) is 0 Å². The lowest BCUT2D eigenvalue weighted by molar-refractivity contribution is -0.129. The van der Waals surface area contributed by atoms with E-state index in [1.165, 1.54) is 76.6 Å². The lowest BCUT2D eigenvalue weighted by Gasteiger charge is -2.50. The molecule has 3 fully saturated rings. The fourth-order valence-corrected chi connectivity index (χ4v) is 7.14. The second-order valence-electron chi connectivity index (χ2n) is 10.4. The van der Waals surface area contributed by atoms with Gasteiger partial charge in [-0.25, -0.2) is 0 Å². The van der Waals surface area contributed by atoms with Gasteiger partial charge in [-0.1, -0.05) is 43.5 Å². The largest absolute Gasteiger partial charge is 0.383 e. The number of methoxy groups -OCH3 is 1. The van der Waals surface area contributed by atoms with Crippen LogP contribution in [0.5, 0.6) is 0 Å². The second-order valence-corrected chi connectivity index (χ2v) is 10.4. The van der Waals surface area contributed by atoms with Crippen LogP contribution in [-0.2, 0) is 14.9 Å². The summed E-state index contributed by atoms with van der Waals surface area (Å²) in [6.07, 6.45) is 11.6. The molecule has 2 unspecified atom stereocenters. The molecule has 0 radical (unpaired) electrons.